The lowest BCUT2D eigenvalue weighted by molar-refractivity contribution is -0.129. The number of hydrogen-bond donors (Lipinski definition) is 0. The van der Waals surface area contributed by atoms with Gasteiger partial charge in [-0.05, 0) is 42.7 Å². The zero-order valence-electron chi connectivity index (χ0n) is 17.4. The van der Waals surface area contributed by atoms with Crippen molar-refractivity contribution < 1.29 is 28.5 Å². The number of hydrogen-bond acceptors (Lipinski definition) is 6. The van der Waals surface area contributed by atoms with Gasteiger partial charge in [-0.3, -0.25) is 4.79 Å². The molecule has 0 amide bonds. The molecule has 2 rings (SSSR count). The second-order valence-electron chi connectivity index (χ2n) is 6.61. The van der Waals surface area contributed by atoms with E-state index < -0.39 is 0 Å². The van der Waals surface area contributed by atoms with Crippen molar-refractivity contribution in [3.63, 3.8) is 0 Å². The van der Waals surface area contributed by atoms with Crippen LogP contribution in [0, 0.1) is 13.8 Å². The van der Waals surface area contributed by atoms with Crippen molar-refractivity contribution in [1.29, 1.82) is 0 Å². The fourth-order valence-electron chi connectivity index (χ4n) is 2.85. The summed E-state index contributed by atoms with van der Waals surface area (Å²) in [4.78, 5) is 10.7. The maximum Gasteiger partial charge on any atom is 0.293 e. The molecule has 29 heavy (non-hydrogen) atoms. The number of benzene rings is 2. The lowest BCUT2D eigenvalue weighted by Gasteiger charge is -2.14. The summed E-state index contributed by atoms with van der Waals surface area (Å²) in [6.07, 6.45) is 0. The molecule has 6 heteroatoms. The average Bonchev–Trinajstić information content (AvgIpc) is 2.73. The number of carbonyl (C=O) groups is 1. The van der Waals surface area contributed by atoms with Crippen LogP contribution in [0.2, 0.25) is 0 Å². The van der Waals surface area contributed by atoms with Crippen LogP contribution >= 0.6 is 0 Å². The minimum atomic E-state index is 0.158. The lowest BCUT2D eigenvalue weighted by Crippen LogP contribution is -2.13. The van der Waals surface area contributed by atoms with E-state index in [1.807, 2.05) is 18.2 Å². The molecule has 2 aromatic rings. The first-order valence-corrected chi connectivity index (χ1v) is 9.68. The van der Waals surface area contributed by atoms with E-state index >= 15 is 0 Å². The standard InChI is InChI=1S/C23H30O6/c1-18-4-5-19(2)22(14-18)20-6-7-23(21(15-20)16-28-17-24)29-13-12-27-11-10-26-9-8-25-3/h4-7,14-15,17H,8-13,16H2,1-3H3. The molecule has 0 unspecified atom stereocenters. The maximum absolute atomic E-state index is 10.7. The van der Waals surface area contributed by atoms with Gasteiger partial charge in [0.05, 0.1) is 33.0 Å². The third kappa shape index (κ3) is 7.85. The van der Waals surface area contributed by atoms with Gasteiger partial charge in [-0.2, -0.15) is 0 Å². The third-order valence-corrected chi connectivity index (χ3v) is 4.36. The largest absolute Gasteiger partial charge is 0.491 e. The Bertz CT molecular complexity index is 759. The summed E-state index contributed by atoms with van der Waals surface area (Å²) >= 11 is 0. The number of ether oxygens (including phenoxy) is 5. The van der Waals surface area contributed by atoms with Crippen molar-refractivity contribution >= 4 is 6.47 Å². The smallest absolute Gasteiger partial charge is 0.293 e. The highest BCUT2D eigenvalue weighted by Gasteiger charge is 2.09. The van der Waals surface area contributed by atoms with Gasteiger partial charge in [-0.1, -0.05) is 29.8 Å². The minimum Gasteiger partial charge on any atom is -0.491 e. The van der Waals surface area contributed by atoms with Crippen LogP contribution in [0.5, 0.6) is 5.75 Å². The van der Waals surface area contributed by atoms with E-state index in [4.69, 9.17) is 23.7 Å². The summed E-state index contributed by atoms with van der Waals surface area (Å²) in [5.74, 6) is 0.681. The van der Waals surface area contributed by atoms with E-state index in [2.05, 4.69) is 32.0 Å². The molecule has 0 saturated heterocycles. The van der Waals surface area contributed by atoms with E-state index in [0.717, 1.165) is 16.7 Å². The average molecular weight is 402 g/mol. The van der Waals surface area contributed by atoms with Crippen molar-refractivity contribution in [3.8, 4) is 16.9 Å². The lowest BCUT2D eigenvalue weighted by atomic mass is 9.97. The number of rotatable bonds is 14. The molecular formula is C23H30O6. The SMILES string of the molecule is COCCOCCOCCOc1ccc(-c2cc(C)ccc2C)cc1COC=O. The zero-order valence-corrected chi connectivity index (χ0v) is 17.4. The van der Waals surface area contributed by atoms with Crippen LogP contribution in [0.25, 0.3) is 11.1 Å². The molecule has 0 aliphatic rings. The van der Waals surface area contributed by atoms with Gasteiger partial charge in [-0.25, -0.2) is 0 Å². The Labute approximate surface area is 172 Å². The normalized spacial score (nSPS) is 10.7. The van der Waals surface area contributed by atoms with E-state index in [-0.39, 0.29) is 6.61 Å². The molecule has 2 aromatic carbocycles. The Morgan fingerprint density at radius 1 is 0.862 bits per heavy atom. The van der Waals surface area contributed by atoms with Crippen LogP contribution in [-0.2, 0) is 30.3 Å². The Kier molecular flexibility index (Phi) is 10.2. The minimum absolute atomic E-state index is 0.158. The van der Waals surface area contributed by atoms with Crippen molar-refractivity contribution in [2.45, 2.75) is 20.5 Å². The molecule has 0 saturated carbocycles. The topological polar surface area (TPSA) is 63.2 Å². The van der Waals surface area contributed by atoms with Gasteiger partial charge < -0.3 is 23.7 Å². The maximum atomic E-state index is 10.7. The molecule has 0 bridgehead atoms. The third-order valence-electron chi connectivity index (χ3n) is 4.36. The molecule has 6 nitrogen and oxygen atoms in total. The van der Waals surface area contributed by atoms with Crippen LogP contribution in [0.15, 0.2) is 36.4 Å². The van der Waals surface area contributed by atoms with E-state index in [1.54, 1.807) is 7.11 Å². The molecule has 0 N–H and O–H groups in total. The van der Waals surface area contributed by atoms with Gasteiger partial charge in [0.15, 0.2) is 0 Å². The molecule has 0 atom stereocenters. The molecule has 0 spiro atoms. The predicted molar refractivity (Wildman–Crippen MR) is 111 cm³/mol. The van der Waals surface area contributed by atoms with Crippen LogP contribution in [0.4, 0.5) is 0 Å². The molecule has 0 aliphatic carbocycles. The summed E-state index contributed by atoms with van der Waals surface area (Å²) in [5.41, 5.74) is 5.42. The van der Waals surface area contributed by atoms with Gasteiger partial charge in [0, 0.05) is 12.7 Å². The fourth-order valence-corrected chi connectivity index (χ4v) is 2.85. The first-order valence-electron chi connectivity index (χ1n) is 9.68. The predicted octanol–water partition coefficient (Wildman–Crippen LogP) is 3.70. The molecule has 0 radical (unpaired) electrons. The van der Waals surface area contributed by atoms with E-state index in [1.165, 1.54) is 11.1 Å². The summed E-state index contributed by atoms with van der Waals surface area (Å²) < 4.78 is 26.6. The number of carbonyl (C=O) groups excluding carboxylic acids is 1. The fraction of sp³-hybridized carbons (Fsp3) is 0.435. The Balaban J connectivity index is 1.93. The van der Waals surface area contributed by atoms with Gasteiger partial charge in [0.1, 0.15) is 19.0 Å². The van der Waals surface area contributed by atoms with Gasteiger partial charge in [0.25, 0.3) is 6.47 Å². The summed E-state index contributed by atoms with van der Waals surface area (Å²) in [6, 6.07) is 12.3. The summed E-state index contributed by atoms with van der Waals surface area (Å²) in [7, 11) is 1.64. The van der Waals surface area contributed by atoms with Crippen LogP contribution < -0.4 is 4.74 Å². The number of methoxy groups -OCH3 is 1. The van der Waals surface area contributed by atoms with Crippen LogP contribution in [0.1, 0.15) is 16.7 Å². The summed E-state index contributed by atoms with van der Waals surface area (Å²) in [6.45, 7) is 7.75. The highest BCUT2D eigenvalue weighted by atomic mass is 16.6. The van der Waals surface area contributed by atoms with Gasteiger partial charge >= 0.3 is 0 Å². The quantitative estimate of drug-likeness (QED) is 0.355. The molecule has 158 valence electrons. The molecule has 0 fully saturated rings. The summed E-state index contributed by atoms with van der Waals surface area (Å²) in [5, 5.41) is 0. The van der Waals surface area contributed by atoms with Crippen molar-refractivity contribution in [1.82, 2.24) is 0 Å². The monoisotopic (exact) mass is 402 g/mol. The Morgan fingerprint density at radius 3 is 2.31 bits per heavy atom. The molecular weight excluding hydrogens is 372 g/mol. The van der Waals surface area contributed by atoms with Gasteiger partial charge in [0.2, 0.25) is 0 Å². The van der Waals surface area contributed by atoms with Gasteiger partial charge in [-0.15, -0.1) is 0 Å². The highest BCUT2D eigenvalue weighted by Crippen LogP contribution is 2.30. The molecule has 0 aromatic heterocycles. The molecule has 0 aliphatic heterocycles. The highest BCUT2D eigenvalue weighted by molar-refractivity contribution is 5.69. The van der Waals surface area contributed by atoms with Crippen molar-refractivity contribution in [2.24, 2.45) is 0 Å². The Morgan fingerprint density at radius 2 is 1.59 bits per heavy atom. The van der Waals surface area contributed by atoms with E-state index in [9.17, 15) is 4.79 Å². The van der Waals surface area contributed by atoms with E-state index in [0.29, 0.717) is 51.9 Å². The Hall–Kier alpha value is -2.41. The van der Waals surface area contributed by atoms with Crippen LogP contribution in [0.3, 0.4) is 0 Å². The second-order valence-corrected chi connectivity index (χ2v) is 6.61. The van der Waals surface area contributed by atoms with Crippen molar-refractivity contribution in [2.75, 3.05) is 46.8 Å². The van der Waals surface area contributed by atoms with Crippen LogP contribution in [-0.4, -0.2) is 53.2 Å². The first-order chi connectivity index (χ1) is 14.2. The zero-order chi connectivity index (χ0) is 20.9. The number of aryl methyl sites for hydroxylation is 2. The second kappa shape index (κ2) is 12.9. The first kappa shape index (κ1) is 22.9. The molecule has 0 heterocycles. The van der Waals surface area contributed by atoms with Crippen molar-refractivity contribution in [3.05, 3.63) is 53.1 Å².